The highest BCUT2D eigenvalue weighted by Gasteiger charge is 2.27. The molecule has 1 heterocycles. The lowest BCUT2D eigenvalue weighted by atomic mass is 10.1. The van der Waals surface area contributed by atoms with Crippen LogP contribution in [0.1, 0.15) is 20.7 Å². The topological polar surface area (TPSA) is 67.9 Å². The van der Waals surface area contributed by atoms with E-state index in [0.717, 1.165) is 15.5 Å². The fourth-order valence-corrected chi connectivity index (χ4v) is 4.72. The van der Waals surface area contributed by atoms with Gasteiger partial charge in [0.05, 0.1) is 30.0 Å². The second-order valence-corrected chi connectivity index (χ2v) is 8.52. The number of anilines is 2. The third-order valence-corrected chi connectivity index (χ3v) is 6.46. The van der Waals surface area contributed by atoms with Crippen LogP contribution in [0, 0.1) is 0 Å². The van der Waals surface area contributed by atoms with Crippen LogP contribution in [-0.4, -0.2) is 39.2 Å². The molecule has 4 rings (SSSR count). The van der Waals surface area contributed by atoms with E-state index in [1.165, 1.54) is 18.9 Å². The predicted molar refractivity (Wildman–Crippen MR) is 127 cm³/mol. The quantitative estimate of drug-likeness (QED) is 0.527. The molecule has 3 aromatic rings. The summed E-state index contributed by atoms with van der Waals surface area (Å²) >= 11 is 7.56. The van der Waals surface area contributed by atoms with Gasteiger partial charge in [-0.25, -0.2) is 0 Å². The van der Waals surface area contributed by atoms with E-state index in [-0.39, 0.29) is 11.8 Å². The van der Waals surface area contributed by atoms with Crippen molar-refractivity contribution in [2.45, 2.75) is 9.79 Å². The van der Waals surface area contributed by atoms with Crippen LogP contribution in [-0.2, 0) is 4.74 Å². The number of amides is 2. The van der Waals surface area contributed by atoms with Crippen molar-refractivity contribution in [2.24, 2.45) is 0 Å². The molecule has 1 aliphatic heterocycles. The molecule has 0 radical (unpaired) electrons. The molecule has 0 spiro atoms. The summed E-state index contributed by atoms with van der Waals surface area (Å²) in [5, 5.41) is 3.35. The molecule has 6 nitrogen and oxygen atoms in total. The zero-order valence-electron chi connectivity index (χ0n) is 17.6. The molecule has 0 aliphatic carbocycles. The van der Waals surface area contributed by atoms with Crippen molar-refractivity contribution in [3.63, 3.8) is 0 Å². The Hall–Kier alpha value is -3.00. The fraction of sp³-hybridized carbons (Fsp3) is 0.167. The first-order valence-electron chi connectivity index (χ1n) is 9.88. The smallest absolute Gasteiger partial charge is 0.259 e. The summed E-state index contributed by atoms with van der Waals surface area (Å²) in [6.07, 6.45) is 0. The van der Waals surface area contributed by atoms with Gasteiger partial charge in [0, 0.05) is 34.7 Å². The van der Waals surface area contributed by atoms with Crippen LogP contribution in [0.15, 0.2) is 70.5 Å². The van der Waals surface area contributed by atoms with Crippen molar-refractivity contribution in [3.05, 3.63) is 76.8 Å². The Kier molecular flexibility index (Phi) is 6.69. The SMILES string of the molecule is COCCN1C(=O)c2ccccc2Sc2cc(NC(=O)c3ccc(Cl)c(OC)c3)ccc21. The predicted octanol–water partition coefficient (Wildman–Crippen LogP) is 5.36. The second-order valence-electron chi connectivity index (χ2n) is 7.03. The summed E-state index contributed by atoms with van der Waals surface area (Å²) in [6, 6.07) is 17.9. The molecule has 0 atom stereocenters. The molecule has 1 N–H and O–H groups in total. The van der Waals surface area contributed by atoms with Crippen LogP contribution in [0.5, 0.6) is 5.75 Å². The number of carbonyl (C=O) groups is 2. The number of ether oxygens (including phenoxy) is 2. The third kappa shape index (κ3) is 4.46. The normalized spacial score (nSPS) is 12.6. The van der Waals surface area contributed by atoms with E-state index >= 15 is 0 Å². The average molecular weight is 469 g/mol. The van der Waals surface area contributed by atoms with E-state index < -0.39 is 0 Å². The van der Waals surface area contributed by atoms with E-state index in [4.69, 9.17) is 21.1 Å². The van der Waals surface area contributed by atoms with Crippen molar-refractivity contribution >= 4 is 46.6 Å². The first-order chi connectivity index (χ1) is 15.5. The molecule has 32 heavy (non-hydrogen) atoms. The minimum atomic E-state index is -0.286. The number of halogens is 1. The zero-order chi connectivity index (χ0) is 22.7. The zero-order valence-corrected chi connectivity index (χ0v) is 19.1. The molecule has 0 saturated carbocycles. The average Bonchev–Trinajstić information content (AvgIpc) is 2.91. The number of nitrogens with one attached hydrogen (secondary N) is 1. The Morgan fingerprint density at radius 1 is 1.06 bits per heavy atom. The third-order valence-electron chi connectivity index (χ3n) is 5.02. The minimum Gasteiger partial charge on any atom is -0.495 e. The number of methoxy groups -OCH3 is 2. The van der Waals surface area contributed by atoms with Crippen LogP contribution in [0.25, 0.3) is 0 Å². The summed E-state index contributed by atoms with van der Waals surface area (Å²) in [5.74, 6) is 0.0703. The van der Waals surface area contributed by atoms with Gasteiger partial charge >= 0.3 is 0 Å². The molecule has 2 amide bonds. The van der Waals surface area contributed by atoms with Crippen LogP contribution < -0.4 is 15.0 Å². The molecule has 1 aliphatic rings. The summed E-state index contributed by atoms with van der Waals surface area (Å²) in [5.41, 5.74) is 2.47. The highest BCUT2D eigenvalue weighted by Crippen LogP contribution is 2.42. The highest BCUT2D eigenvalue weighted by atomic mass is 35.5. The van der Waals surface area contributed by atoms with Crippen molar-refractivity contribution in [3.8, 4) is 5.75 Å². The number of nitrogens with zero attached hydrogens (tertiary/aromatic N) is 1. The number of benzene rings is 3. The Bertz CT molecular complexity index is 1180. The van der Waals surface area contributed by atoms with E-state index in [2.05, 4.69) is 5.32 Å². The van der Waals surface area contributed by atoms with Crippen LogP contribution >= 0.6 is 23.4 Å². The maximum absolute atomic E-state index is 13.2. The molecular weight excluding hydrogens is 448 g/mol. The van der Waals surface area contributed by atoms with E-state index in [1.807, 2.05) is 36.4 Å². The molecule has 0 saturated heterocycles. The van der Waals surface area contributed by atoms with Gasteiger partial charge in [-0.2, -0.15) is 0 Å². The highest BCUT2D eigenvalue weighted by molar-refractivity contribution is 7.99. The van der Waals surface area contributed by atoms with Gasteiger partial charge in [-0.15, -0.1) is 0 Å². The molecule has 0 fully saturated rings. The molecule has 164 valence electrons. The number of hydrogen-bond acceptors (Lipinski definition) is 5. The first kappa shape index (κ1) is 22.2. The van der Waals surface area contributed by atoms with Crippen LogP contribution in [0.3, 0.4) is 0 Å². The maximum atomic E-state index is 13.2. The van der Waals surface area contributed by atoms with E-state index in [1.54, 1.807) is 36.3 Å². The molecule has 0 unspecified atom stereocenters. The van der Waals surface area contributed by atoms with Gasteiger partial charge in [-0.05, 0) is 48.5 Å². The molecule has 8 heteroatoms. The lowest BCUT2D eigenvalue weighted by molar-refractivity contribution is 0.0972. The maximum Gasteiger partial charge on any atom is 0.259 e. The van der Waals surface area contributed by atoms with Crippen molar-refractivity contribution in [1.82, 2.24) is 0 Å². The van der Waals surface area contributed by atoms with Crippen molar-refractivity contribution in [1.29, 1.82) is 0 Å². The Balaban J connectivity index is 1.67. The summed E-state index contributed by atoms with van der Waals surface area (Å²) < 4.78 is 10.4. The van der Waals surface area contributed by atoms with E-state index in [9.17, 15) is 9.59 Å². The molecule has 0 aromatic heterocycles. The summed E-state index contributed by atoms with van der Waals surface area (Å²) in [7, 11) is 3.11. The second kappa shape index (κ2) is 9.65. The first-order valence-corrected chi connectivity index (χ1v) is 11.1. The lowest BCUT2D eigenvalue weighted by Gasteiger charge is -2.23. The number of fused-ring (bicyclic) bond motifs is 2. The standard InChI is InChI=1S/C24H21ClN2O4S/c1-30-12-11-27-19-10-8-16(26-23(28)15-7-9-18(25)20(13-15)31-2)14-22(19)32-21-6-4-3-5-17(21)24(27)29/h3-10,13-14H,11-12H2,1-2H3,(H,26,28). The van der Waals surface area contributed by atoms with Crippen molar-refractivity contribution < 1.29 is 19.1 Å². The van der Waals surface area contributed by atoms with Gasteiger partial charge in [0.2, 0.25) is 0 Å². The summed E-state index contributed by atoms with van der Waals surface area (Å²) in [4.78, 5) is 29.4. The van der Waals surface area contributed by atoms with Gasteiger partial charge in [0.25, 0.3) is 11.8 Å². The molecule has 0 bridgehead atoms. The Labute approximate surface area is 195 Å². The number of carbonyl (C=O) groups excluding carboxylic acids is 2. The van der Waals surface area contributed by atoms with Crippen LogP contribution in [0.4, 0.5) is 11.4 Å². The molecule has 3 aromatic carbocycles. The number of hydrogen-bond donors (Lipinski definition) is 1. The van der Waals surface area contributed by atoms with Crippen LogP contribution in [0.2, 0.25) is 5.02 Å². The Morgan fingerprint density at radius 3 is 2.66 bits per heavy atom. The van der Waals surface area contributed by atoms with Gasteiger partial charge in [0.15, 0.2) is 0 Å². The van der Waals surface area contributed by atoms with Gasteiger partial charge < -0.3 is 19.7 Å². The minimum absolute atomic E-state index is 0.0751. The lowest BCUT2D eigenvalue weighted by Crippen LogP contribution is -2.33. The summed E-state index contributed by atoms with van der Waals surface area (Å²) in [6.45, 7) is 0.836. The van der Waals surface area contributed by atoms with E-state index in [0.29, 0.717) is 40.7 Å². The van der Waals surface area contributed by atoms with Gasteiger partial charge in [-0.1, -0.05) is 35.5 Å². The monoisotopic (exact) mass is 468 g/mol. The Morgan fingerprint density at radius 2 is 1.88 bits per heavy atom. The molecular formula is C24H21ClN2O4S. The largest absolute Gasteiger partial charge is 0.495 e. The fourth-order valence-electron chi connectivity index (χ4n) is 3.41. The number of rotatable bonds is 6. The van der Waals surface area contributed by atoms with Gasteiger partial charge in [-0.3, -0.25) is 9.59 Å². The van der Waals surface area contributed by atoms with Gasteiger partial charge in [0.1, 0.15) is 5.75 Å². The van der Waals surface area contributed by atoms with Crippen molar-refractivity contribution in [2.75, 3.05) is 37.6 Å².